The van der Waals surface area contributed by atoms with Crippen LogP contribution in [0.4, 0.5) is 4.39 Å². The largest absolute Gasteiger partial charge is 0.497 e. The molecule has 1 aromatic heterocycles. The van der Waals surface area contributed by atoms with E-state index >= 15 is 0 Å². The molecular weight excluding hydrogens is 367 g/mol. The van der Waals surface area contributed by atoms with E-state index in [2.05, 4.69) is 4.98 Å². The molecule has 1 amide bonds. The van der Waals surface area contributed by atoms with Gasteiger partial charge in [0.05, 0.1) is 17.3 Å². The molecule has 1 fully saturated rings. The molecule has 0 N–H and O–H groups in total. The van der Waals surface area contributed by atoms with E-state index < -0.39 is 5.82 Å². The van der Waals surface area contributed by atoms with Crippen LogP contribution in [0.1, 0.15) is 23.2 Å². The maximum atomic E-state index is 13.3. The number of rotatable bonds is 4. The second-order valence-corrected chi connectivity index (χ2v) is 7.43. The zero-order valence-electron chi connectivity index (χ0n) is 14.9. The lowest BCUT2D eigenvalue weighted by molar-refractivity contribution is 0.0595. The molecule has 0 aliphatic carbocycles. The van der Waals surface area contributed by atoms with Crippen molar-refractivity contribution in [1.82, 2.24) is 9.88 Å². The summed E-state index contributed by atoms with van der Waals surface area (Å²) in [6, 6.07) is 11.6. The predicted octanol–water partition coefficient (Wildman–Crippen LogP) is 4.13. The molecule has 2 heterocycles. The van der Waals surface area contributed by atoms with Crippen molar-refractivity contribution in [3.8, 4) is 10.9 Å². The number of thiazole rings is 1. The summed E-state index contributed by atoms with van der Waals surface area (Å²) >= 11 is 1.49. The number of aromatic nitrogens is 1. The van der Waals surface area contributed by atoms with Gasteiger partial charge in [-0.25, -0.2) is 9.37 Å². The molecule has 0 unspecified atom stereocenters. The van der Waals surface area contributed by atoms with Crippen LogP contribution in [0.3, 0.4) is 0 Å². The molecule has 2 aromatic carbocycles. The lowest BCUT2D eigenvalue weighted by atomic mass is 10.1. The Morgan fingerprint density at radius 3 is 2.78 bits per heavy atom. The molecule has 0 radical (unpaired) electrons. The van der Waals surface area contributed by atoms with Gasteiger partial charge in [0, 0.05) is 31.5 Å². The standard InChI is InChI=1S/C20H19FN2O3S/c1-25-16-5-6-17-18(12-16)27-20(22-17)26-15-7-9-23(10-8-15)19(24)13-3-2-4-14(21)11-13/h2-6,11-12,15H,7-10H2,1H3. The summed E-state index contributed by atoms with van der Waals surface area (Å²) in [7, 11) is 1.64. The average Bonchev–Trinajstić information content (AvgIpc) is 3.09. The Morgan fingerprint density at radius 1 is 1.22 bits per heavy atom. The van der Waals surface area contributed by atoms with Gasteiger partial charge in [0.2, 0.25) is 0 Å². The SMILES string of the molecule is COc1ccc2nc(OC3CCN(C(=O)c4cccc(F)c4)CC3)sc2c1. The van der Waals surface area contributed by atoms with Crippen molar-refractivity contribution in [2.45, 2.75) is 18.9 Å². The van der Waals surface area contributed by atoms with Crippen molar-refractivity contribution in [2.75, 3.05) is 20.2 Å². The first-order valence-electron chi connectivity index (χ1n) is 8.78. The topological polar surface area (TPSA) is 51.7 Å². The summed E-state index contributed by atoms with van der Waals surface area (Å²) in [6.07, 6.45) is 1.46. The lowest BCUT2D eigenvalue weighted by Crippen LogP contribution is -2.41. The van der Waals surface area contributed by atoms with Gasteiger partial charge in [-0.15, -0.1) is 0 Å². The van der Waals surface area contributed by atoms with Gasteiger partial charge < -0.3 is 14.4 Å². The molecule has 4 rings (SSSR count). The third-order valence-electron chi connectivity index (χ3n) is 4.64. The summed E-state index contributed by atoms with van der Waals surface area (Å²) in [6.45, 7) is 1.16. The molecule has 140 valence electrons. The minimum absolute atomic E-state index is 0.0176. The van der Waals surface area contributed by atoms with Crippen molar-refractivity contribution in [2.24, 2.45) is 0 Å². The maximum absolute atomic E-state index is 13.3. The number of carbonyl (C=O) groups is 1. The monoisotopic (exact) mass is 386 g/mol. The van der Waals surface area contributed by atoms with Gasteiger partial charge in [0.1, 0.15) is 17.7 Å². The van der Waals surface area contributed by atoms with Crippen LogP contribution in [0, 0.1) is 5.82 Å². The Balaban J connectivity index is 1.37. The molecule has 1 saturated heterocycles. The van der Waals surface area contributed by atoms with Crippen molar-refractivity contribution in [1.29, 1.82) is 0 Å². The Bertz CT molecular complexity index is 967. The van der Waals surface area contributed by atoms with Crippen LogP contribution in [0.25, 0.3) is 10.2 Å². The molecule has 27 heavy (non-hydrogen) atoms. The number of hydrogen-bond donors (Lipinski definition) is 0. The normalized spacial score (nSPS) is 15.1. The molecule has 0 atom stereocenters. The first-order chi connectivity index (χ1) is 13.1. The number of amides is 1. The number of benzene rings is 2. The van der Waals surface area contributed by atoms with Gasteiger partial charge in [-0.1, -0.05) is 17.4 Å². The highest BCUT2D eigenvalue weighted by atomic mass is 32.1. The fourth-order valence-electron chi connectivity index (χ4n) is 3.18. The van der Waals surface area contributed by atoms with Crippen molar-refractivity contribution in [3.63, 3.8) is 0 Å². The van der Waals surface area contributed by atoms with Crippen LogP contribution in [-0.2, 0) is 0 Å². The molecule has 1 aliphatic rings. The molecule has 1 aliphatic heterocycles. The number of piperidine rings is 1. The summed E-state index contributed by atoms with van der Waals surface area (Å²) in [5.41, 5.74) is 1.27. The number of halogens is 1. The Kier molecular flexibility index (Phi) is 4.94. The fraction of sp³-hybridized carbons (Fsp3) is 0.300. The number of hydrogen-bond acceptors (Lipinski definition) is 5. The number of carbonyl (C=O) groups excluding carboxylic acids is 1. The van der Waals surface area contributed by atoms with Gasteiger partial charge in [-0.05, 0) is 36.4 Å². The van der Waals surface area contributed by atoms with E-state index in [1.54, 1.807) is 24.1 Å². The van der Waals surface area contributed by atoms with Gasteiger partial charge in [-0.2, -0.15) is 0 Å². The number of nitrogens with zero attached hydrogens (tertiary/aromatic N) is 2. The second-order valence-electron chi connectivity index (χ2n) is 6.43. The quantitative estimate of drug-likeness (QED) is 0.677. The zero-order chi connectivity index (χ0) is 18.8. The molecule has 7 heteroatoms. The van der Waals surface area contributed by atoms with Crippen molar-refractivity contribution >= 4 is 27.5 Å². The zero-order valence-corrected chi connectivity index (χ0v) is 15.7. The van der Waals surface area contributed by atoms with E-state index in [0.717, 1.165) is 28.8 Å². The maximum Gasteiger partial charge on any atom is 0.274 e. The first-order valence-corrected chi connectivity index (χ1v) is 9.60. The van der Waals surface area contributed by atoms with E-state index in [0.29, 0.717) is 23.8 Å². The van der Waals surface area contributed by atoms with E-state index in [1.807, 2.05) is 18.2 Å². The van der Waals surface area contributed by atoms with Crippen LogP contribution in [0.5, 0.6) is 10.9 Å². The van der Waals surface area contributed by atoms with E-state index in [-0.39, 0.29) is 12.0 Å². The van der Waals surface area contributed by atoms with Crippen LogP contribution in [0.15, 0.2) is 42.5 Å². The minimum atomic E-state index is -0.397. The smallest absolute Gasteiger partial charge is 0.274 e. The van der Waals surface area contributed by atoms with Gasteiger partial charge in [0.15, 0.2) is 0 Å². The van der Waals surface area contributed by atoms with E-state index in [1.165, 1.54) is 23.5 Å². The highest BCUT2D eigenvalue weighted by Gasteiger charge is 2.25. The minimum Gasteiger partial charge on any atom is -0.497 e. The molecule has 3 aromatic rings. The van der Waals surface area contributed by atoms with Crippen molar-refractivity contribution in [3.05, 3.63) is 53.8 Å². The number of methoxy groups -OCH3 is 1. The number of fused-ring (bicyclic) bond motifs is 1. The summed E-state index contributed by atoms with van der Waals surface area (Å²) in [4.78, 5) is 18.8. The highest BCUT2D eigenvalue weighted by molar-refractivity contribution is 7.20. The third kappa shape index (κ3) is 3.88. The Labute approximate surface area is 160 Å². The number of ether oxygens (including phenoxy) is 2. The molecular formula is C20H19FN2O3S. The number of likely N-dealkylation sites (tertiary alicyclic amines) is 1. The molecule has 0 spiro atoms. The van der Waals surface area contributed by atoms with Gasteiger partial charge >= 0.3 is 0 Å². The average molecular weight is 386 g/mol. The van der Waals surface area contributed by atoms with Crippen molar-refractivity contribution < 1.29 is 18.7 Å². The van der Waals surface area contributed by atoms with E-state index in [9.17, 15) is 9.18 Å². The van der Waals surface area contributed by atoms with Crippen LogP contribution in [-0.4, -0.2) is 42.1 Å². The van der Waals surface area contributed by atoms with Crippen LogP contribution in [0.2, 0.25) is 0 Å². The first kappa shape index (κ1) is 17.7. The lowest BCUT2D eigenvalue weighted by Gasteiger charge is -2.31. The second kappa shape index (κ2) is 7.52. The van der Waals surface area contributed by atoms with Crippen LogP contribution >= 0.6 is 11.3 Å². The Hall–Kier alpha value is -2.67. The fourth-order valence-corrected chi connectivity index (χ4v) is 4.09. The van der Waals surface area contributed by atoms with Gasteiger partial charge in [-0.3, -0.25) is 4.79 Å². The molecule has 0 saturated carbocycles. The van der Waals surface area contributed by atoms with Crippen LogP contribution < -0.4 is 9.47 Å². The summed E-state index contributed by atoms with van der Waals surface area (Å²) in [5, 5.41) is 0.633. The molecule has 0 bridgehead atoms. The van der Waals surface area contributed by atoms with Gasteiger partial charge in [0.25, 0.3) is 11.1 Å². The summed E-state index contributed by atoms with van der Waals surface area (Å²) < 4.78 is 25.6. The Morgan fingerprint density at radius 2 is 2.04 bits per heavy atom. The van der Waals surface area contributed by atoms with E-state index in [4.69, 9.17) is 9.47 Å². The predicted molar refractivity (Wildman–Crippen MR) is 102 cm³/mol. The molecule has 5 nitrogen and oxygen atoms in total. The third-order valence-corrected chi connectivity index (χ3v) is 5.55. The highest BCUT2D eigenvalue weighted by Crippen LogP contribution is 2.32. The summed E-state index contributed by atoms with van der Waals surface area (Å²) in [5.74, 6) is 0.258.